The van der Waals surface area contributed by atoms with Gasteiger partial charge in [0.15, 0.2) is 0 Å². The van der Waals surface area contributed by atoms with Gasteiger partial charge >= 0.3 is 0 Å². The van der Waals surface area contributed by atoms with E-state index >= 15 is 0 Å². The summed E-state index contributed by atoms with van der Waals surface area (Å²) in [5.74, 6) is -0.109. The van der Waals surface area contributed by atoms with E-state index in [1.807, 2.05) is 60.7 Å². The molecule has 0 radical (unpaired) electrons. The number of piperidine rings is 2. The van der Waals surface area contributed by atoms with Crippen molar-refractivity contribution in [2.45, 2.75) is 130 Å². The van der Waals surface area contributed by atoms with Gasteiger partial charge in [0.05, 0.1) is 34.8 Å². The molecule has 15 heteroatoms. The summed E-state index contributed by atoms with van der Waals surface area (Å²) in [6.45, 7) is 13.1. The highest BCUT2D eigenvalue weighted by Gasteiger charge is 2.37. The molecule has 2 aliphatic rings. The average molecular weight is 1340 g/mol. The fraction of sp³-hybridized carbons (Fsp3) is 0.440. The van der Waals surface area contributed by atoms with Gasteiger partial charge in [-0.25, -0.2) is 0 Å². The number of hydrogen-bond acceptors (Lipinski definition) is 9. The molecule has 0 aliphatic carbocycles. The summed E-state index contributed by atoms with van der Waals surface area (Å²) in [6, 6.07) is 64.0. The second-order valence-corrected chi connectivity index (χ2v) is 27.1. The summed E-state index contributed by atoms with van der Waals surface area (Å²) in [4.78, 5) is 80.8. The molecule has 9 rings (SSSR count). The largest absolute Gasteiger partial charge is 0.356 e. The molecule has 8 N–H and O–H groups in total. The summed E-state index contributed by atoms with van der Waals surface area (Å²) in [5.41, 5.74) is 8.59. The molecule has 3 unspecified atom stereocenters. The summed E-state index contributed by atoms with van der Waals surface area (Å²) in [7, 11) is 0. The van der Waals surface area contributed by atoms with Crippen molar-refractivity contribution in [2.75, 3.05) is 65.4 Å². The topological polar surface area (TPSA) is 212 Å². The van der Waals surface area contributed by atoms with Crippen molar-refractivity contribution in [2.24, 2.45) is 41.4 Å². The maximum absolute atomic E-state index is 12.9. The Balaban J connectivity index is 0.000000209. The van der Waals surface area contributed by atoms with Crippen LogP contribution in [-0.4, -0.2) is 106 Å². The monoisotopic (exact) mass is 1340 g/mol. The van der Waals surface area contributed by atoms with Crippen molar-refractivity contribution in [3.05, 3.63) is 245 Å². The molecule has 7 atom stereocenters. The van der Waals surface area contributed by atoms with Crippen molar-refractivity contribution in [1.29, 1.82) is 0 Å². The standard InChI is InChI=1S/2C28H39N3O2.C28H33N3O2/c3*1-22(20-24-13-6-3-7-14-24)15-19-31-27(32)25-16-18-29-21-26(25)28(33)30-17-9-8-12-23-10-4-2-5-11-23/h2*2-7,10-11,13-14,22,25-26,29H,8-9,12,15-21H2,1H3,(H,30,33)(H,31,32);2-7,10-11,13-14,16,18,21-22H,8-9,12,15,17,19-20H2,1H3,(H,30,33)(H,31,32)/t22?,25-,26+;22?,25-,26-;/m11./s1. The molecule has 0 spiro atoms. The molecule has 7 aromatic rings. The molecular formula is C84H111N9O6. The minimum Gasteiger partial charge on any atom is -0.356 e. The smallest absolute Gasteiger partial charge is 0.253 e. The van der Waals surface area contributed by atoms with Gasteiger partial charge in [-0.15, -0.1) is 0 Å². The number of carbonyl (C=O) groups excluding carboxylic acids is 6. The first-order chi connectivity index (χ1) is 48.4. The van der Waals surface area contributed by atoms with Gasteiger partial charge in [-0.1, -0.05) is 203 Å². The molecule has 2 aliphatic heterocycles. The quantitative estimate of drug-likeness (QED) is 0.0175. The highest BCUT2D eigenvalue weighted by molar-refractivity contribution is 6.07. The number of nitrogens with zero attached hydrogens (tertiary/aromatic N) is 1. The molecule has 6 aromatic carbocycles. The van der Waals surface area contributed by atoms with Crippen molar-refractivity contribution in [1.82, 2.24) is 47.5 Å². The highest BCUT2D eigenvalue weighted by atomic mass is 16.2. The molecule has 6 amide bonds. The van der Waals surface area contributed by atoms with Crippen LogP contribution in [0.1, 0.15) is 145 Å². The normalized spacial score (nSPS) is 16.5. The van der Waals surface area contributed by atoms with E-state index in [1.165, 1.54) is 39.6 Å². The van der Waals surface area contributed by atoms with Crippen LogP contribution in [0.2, 0.25) is 0 Å². The Morgan fingerprint density at radius 1 is 0.354 bits per heavy atom. The van der Waals surface area contributed by atoms with Crippen LogP contribution in [0.5, 0.6) is 0 Å². The van der Waals surface area contributed by atoms with E-state index in [9.17, 15) is 28.8 Å². The Bertz CT molecular complexity index is 3260. The third kappa shape index (κ3) is 30.1. The molecule has 2 fully saturated rings. The first kappa shape index (κ1) is 77.6. The number of aromatic nitrogens is 1. The van der Waals surface area contributed by atoms with E-state index in [4.69, 9.17) is 0 Å². The van der Waals surface area contributed by atoms with Crippen LogP contribution < -0.4 is 42.5 Å². The number of unbranched alkanes of at least 4 members (excludes halogenated alkanes) is 3. The second-order valence-electron chi connectivity index (χ2n) is 27.1. The Morgan fingerprint density at radius 3 is 1.01 bits per heavy atom. The van der Waals surface area contributed by atoms with Gasteiger partial charge in [-0.3, -0.25) is 33.8 Å². The molecule has 15 nitrogen and oxygen atoms in total. The first-order valence-corrected chi connectivity index (χ1v) is 36.7. The van der Waals surface area contributed by atoms with Gasteiger partial charge in [0.25, 0.3) is 11.8 Å². The van der Waals surface area contributed by atoms with Gasteiger partial charge in [-0.2, -0.15) is 0 Å². The summed E-state index contributed by atoms with van der Waals surface area (Å²) >= 11 is 0. The number of aryl methyl sites for hydroxylation is 3. The van der Waals surface area contributed by atoms with Crippen molar-refractivity contribution >= 4 is 35.4 Å². The number of amides is 6. The summed E-state index contributed by atoms with van der Waals surface area (Å²) in [5, 5.41) is 24.8. The van der Waals surface area contributed by atoms with E-state index < -0.39 is 0 Å². The van der Waals surface area contributed by atoms with Crippen molar-refractivity contribution < 1.29 is 28.8 Å². The fourth-order valence-electron chi connectivity index (χ4n) is 13.0. The average Bonchev–Trinajstić information content (AvgIpc) is 1.03. The van der Waals surface area contributed by atoms with Crippen LogP contribution in [-0.2, 0) is 57.7 Å². The van der Waals surface area contributed by atoms with Crippen molar-refractivity contribution in [3.8, 4) is 0 Å². The zero-order valence-corrected chi connectivity index (χ0v) is 59.1. The van der Waals surface area contributed by atoms with Crippen LogP contribution in [0.4, 0.5) is 0 Å². The molecule has 1 aromatic heterocycles. The minimum absolute atomic E-state index is 0.000457. The Kier molecular flexibility index (Phi) is 35.8. The zero-order valence-electron chi connectivity index (χ0n) is 59.1. The number of hydrogen-bond donors (Lipinski definition) is 8. The third-order valence-electron chi connectivity index (χ3n) is 18.8. The number of benzene rings is 6. The van der Waals surface area contributed by atoms with Crippen LogP contribution in [0.25, 0.3) is 0 Å². The summed E-state index contributed by atoms with van der Waals surface area (Å²) in [6.07, 6.45) is 19.0. The molecule has 3 heterocycles. The van der Waals surface area contributed by atoms with Crippen LogP contribution in [0.3, 0.4) is 0 Å². The zero-order chi connectivity index (χ0) is 69.9. The maximum Gasteiger partial charge on any atom is 0.253 e. The van der Waals surface area contributed by atoms with E-state index in [0.29, 0.717) is 94.1 Å². The number of rotatable bonds is 36. The Hall–Kier alpha value is -8.79. The molecule has 0 bridgehead atoms. The van der Waals surface area contributed by atoms with Gasteiger partial charge in [0.1, 0.15) is 0 Å². The van der Waals surface area contributed by atoms with E-state index in [1.54, 1.807) is 12.3 Å². The highest BCUT2D eigenvalue weighted by Crippen LogP contribution is 2.23. The molecule has 0 saturated carbocycles. The molecular weight excluding hydrogens is 1230 g/mol. The third-order valence-corrected chi connectivity index (χ3v) is 18.8. The first-order valence-electron chi connectivity index (χ1n) is 36.7. The Morgan fingerprint density at radius 2 is 0.646 bits per heavy atom. The Labute approximate surface area is 590 Å². The molecule has 99 heavy (non-hydrogen) atoms. The number of pyridine rings is 1. The van der Waals surface area contributed by atoms with Crippen LogP contribution in [0, 0.1) is 41.4 Å². The van der Waals surface area contributed by atoms with Gasteiger partial charge < -0.3 is 42.5 Å². The van der Waals surface area contributed by atoms with E-state index in [0.717, 1.165) is 109 Å². The van der Waals surface area contributed by atoms with Gasteiger partial charge in [0, 0.05) is 64.8 Å². The lowest BCUT2D eigenvalue weighted by Gasteiger charge is -2.30. The van der Waals surface area contributed by atoms with E-state index in [-0.39, 0.29) is 59.1 Å². The lowest BCUT2D eigenvalue weighted by Crippen LogP contribution is -2.50. The predicted molar refractivity (Wildman–Crippen MR) is 400 cm³/mol. The van der Waals surface area contributed by atoms with Crippen molar-refractivity contribution in [3.63, 3.8) is 0 Å². The van der Waals surface area contributed by atoms with Crippen LogP contribution >= 0.6 is 0 Å². The number of carbonyl (C=O) groups is 6. The van der Waals surface area contributed by atoms with Gasteiger partial charge in [0.2, 0.25) is 23.6 Å². The fourth-order valence-corrected chi connectivity index (χ4v) is 13.0. The predicted octanol–water partition coefficient (Wildman–Crippen LogP) is 12.3. The molecule has 2 saturated heterocycles. The molecule has 528 valence electrons. The maximum atomic E-state index is 12.9. The summed E-state index contributed by atoms with van der Waals surface area (Å²) < 4.78 is 0. The van der Waals surface area contributed by atoms with Crippen LogP contribution in [0.15, 0.2) is 200 Å². The van der Waals surface area contributed by atoms with E-state index in [2.05, 4.69) is 190 Å². The second kappa shape index (κ2) is 45.7. The lowest BCUT2D eigenvalue weighted by molar-refractivity contribution is -0.136. The lowest BCUT2D eigenvalue weighted by atomic mass is 9.84. The SMILES string of the molecule is CC(CCNC(=O)[C@@H]1CCNC[C@@H]1C(=O)NCCCCc1ccccc1)Cc1ccccc1.CC(CCNC(=O)[C@@H]1CCNC[C@H]1C(=O)NCCCCc1ccccc1)Cc1ccccc1.CC(CCNC(=O)c1ccncc1C(=O)NCCCCc1ccccc1)Cc1ccccc1. The van der Waals surface area contributed by atoms with Gasteiger partial charge in [-0.05, 0) is 179 Å². The minimum atomic E-state index is -0.297. The number of nitrogens with one attached hydrogen (secondary N) is 8.